The van der Waals surface area contributed by atoms with Gasteiger partial charge in [0.25, 0.3) is 0 Å². The van der Waals surface area contributed by atoms with Crippen molar-refractivity contribution < 1.29 is 10.2 Å². The first-order chi connectivity index (χ1) is 4.34. The first kappa shape index (κ1) is 8.73. The Balaban J connectivity index is 0.000000810. The van der Waals surface area contributed by atoms with E-state index in [1.54, 1.807) is 12.1 Å². The summed E-state index contributed by atoms with van der Waals surface area (Å²) < 4.78 is 4.90. The predicted octanol–water partition coefficient (Wildman–Crippen LogP) is 0.722. The number of rotatable bonds is 1. The van der Waals surface area contributed by atoms with Crippen LogP contribution in [0.2, 0.25) is 0 Å². The molecule has 10 heavy (non-hydrogen) atoms. The number of hydrogen-bond acceptors (Lipinski definition) is 2. The molecule has 54 valence electrons. The molecule has 1 unspecified atom stereocenters. The molecule has 3 N–H and O–H groups in total. The fourth-order valence-corrected chi connectivity index (χ4v) is 0.553. The Bertz CT molecular complexity index is 210. The molecule has 0 bridgehead atoms. The highest BCUT2D eigenvalue weighted by Crippen LogP contribution is 2.05. The van der Waals surface area contributed by atoms with E-state index in [0.29, 0.717) is 5.76 Å². The van der Waals surface area contributed by atoms with Crippen molar-refractivity contribution in [3.05, 3.63) is 24.2 Å². The Morgan fingerprint density at radius 2 is 2.40 bits per heavy atom. The van der Waals surface area contributed by atoms with Gasteiger partial charge in [0, 0.05) is 0 Å². The summed E-state index contributed by atoms with van der Waals surface area (Å²) in [6.45, 7) is 0. The normalized spacial score (nSPS) is 11.2. The Kier molecular flexibility index (Phi) is 3.23. The molecule has 1 heterocycles. The molecule has 0 radical (unpaired) electrons. The molecular formula is C7H11N2O+. The van der Waals surface area contributed by atoms with E-state index in [1.165, 1.54) is 6.26 Å². The molecule has 0 fully saturated rings. The van der Waals surface area contributed by atoms with E-state index in [9.17, 15) is 0 Å². The summed E-state index contributed by atoms with van der Waals surface area (Å²) in [5, 5.41) is 8.33. The van der Waals surface area contributed by atoms with Gasteiger partial charge in [-0.05, 0) is 12.1 Å². The summed E-state index contributed by atoms with van der Waals surface area (Å²) >= 11 is 0. The molecule has 0 aliphatic carbocycles. The molecule has 1 aromatic rings. The average molecular weight is 139 g/mol. The van der Waals surface area contributed by atoms with Crippen LogP contribution in [-0.4, -0.2) is 0 Å². The molecule has 3 heteroatoms. The lowest BCUT2D eigenvalue weighted by Gasteiger charge is -1.89. The topological polar surface area (TPSA) is 64.6 Å². The second-order valence-corrected chi connectivity index (χ2v) is 1.70. The molecule has 1 rings (SSSR count). The van der Waals surface area contributed by atoms with Gasteiger partial charge in [-0.15, -0.1) is 0 Å². The van der Waals surface area contributed by atoms with Crippen LogP contribution in [-0.2, 0) is 0 Å². The highest BCUT2D eigenvalue weighted by molar-refractivity contribution is 5.07. The van der Waals surface area contributed by atoms with Crippen LogP contribution in [0, 0.1) is 11.3 Å². The third-order valence-corrected chi connectivity index (χ3v) is 1.04. The monoisotopic (exact) mass is 139 g/mol. The molecule has 0 saturated carbocycles. The summed E-state index contributed by atoms with van der Waals surface area (Å²) in [6, 6.07) is 5.07. The molecule has 0 saturated heterocycles. The van der Waals surface area contributed by atoms with Gasteiger partial charge in [0.1, 0.15) is 6.07 Å². The Morgan fingerprint density at radius 1 is 1.70 bits per heavy atom. The van der Waals surface area contributed by atoms with Crippen molar-refractivity contribution in [1.29, 1.82) is 5.26 Å². The van der Waals surface area contributed by atoms with Crippen LogP contribution in [0.3, 0.4) is 0 Å². The van der Waals surface area contributed by atoms with E-state index in [2.05, 4.69) is 5.73 Å². The Morgan fingerprint density at radius 3 is 2.80 bits per heavy atom. The van der Waals surface area contributed by atoms with Gasteiger partial charge in [-0.1, -0.05) is 7.43 Å². The summed E-state index contributed by atoms with van der Waals surface area (Å²) in [5.41, 5.74) is 3.54. The molecule has 1 atom stereocenters. The van der Waals surface area contributed by atoms with Crippen molar-refractivity contribution in [2.24, 2.45) is 0 Å². The van der Waals surface area contributed by atoms with Crippen LogP contribution in [0.4, 0.5) is 0 Å². The lowest BCUT2D eigenvalue weighted by Crippen LogP contribution is -2.52. The van der Waals surface area contributed by atoms with Crippen molar-refractivity contribution in [1.82, 2.24) is 0 Å². The van der Waals surface area contributed by atoms with Gasteiger partial charge < -0.3 is 10.2 Å². The van der Waals surface area contributed by atoms with E-state index in [0.717, 1.165) is 0 Å². The number of nitrogens with zero attached hydrogens (tertiary/aromatic N) is 1. The van der Waals surface area contributed by atoms with E-state index < -0.39 is 0 Å². The van der Waals surface area contributed by atoms with E-state index in [1.807, 2.05) is 6.07 Å². The third kappa shape index (κ3) is 1.61. The maximum atomic E-state index is 8.33. The highest BCUT2D eigenvalue weighted by Gasteiger charge is 2.08. The van der Waals surface area contributed by atoms with Crippen LogP contribution in [0.1, 0.15) is 19.2 Å². The first-order valence-electron chi connectivity index (χ1n) is 2.60. The number of furan rings is 1. The smallest absolute Gasteiger partial charge is 0.229 e. The zero-order valence-corrected chi connectivity index (χ0v) is 4.87. The van der Waals surface area contributed by atoms with Crippen LogP contribution < -0.4 is 5.73 Å². The van der Waals surface area contributed by atoms with E-state index in [-0.39, 0.29) is 13.5 Å². The predicted molar refractivity (Wildman–Crippen MR) is 36.7 cm³/mol. The zero-order chi connectivity index (χ0) is 6.69. The molecule has 0 spiro atoms. The molecular weight excluding hydrogens is 128 g/mol. The number of hydrogen-bond donors (Lipinski definition) is 1. The van der Waals surface area contributed by atoms with Gasteiger partial charge >= 0.3 is 0 Å². The minimum Gasteiger partial charge on any atom is -0.462 e. The minimum absolute atomic E-state index is 0. The number of nitriles is 1. The third-order valence-electron chi connectivity index (χ3n) is 1.04. The summed E-state index contributed by atoms with van der Waals surface area (Å²) in [5.74, 6) is 0.623. The second-order valence-electron chi connectivity index (χ2n) is 1.70. The maximum Gasteiger partial charge on any atom is 0.229 e. The lowest BCUT2D eigenvalue weighted by atomic mass is 10.3. The summed E-state index contributed by atoms with van der Waals surface area (Å²) in [4.78, 5) is 0. The van der Waals surface area contributed by atoms with Crippen molar-refractivity contribution >= 4 is 0 Å². The van der Waals surface area contributed by atoms with Gasteiger partial charge in [0.15, 0.2) is 5.76 Å². The van der Waals surface area contributed by atoms with Gasteiger partial charge in [-0.3, -0.25) is 0 Å². The summed E-state index contributed by atoms with van der Waals surface area (Å²) in [7, 11) is 0. The largest absolute Gasteiger partial charge is 0.462 e. The number of quaternary nitrogens is 1. The van der Waals surface area contributed by atoms with Gasteiger partial charge in [0.2, 0.25) is 6.04 Å². The fourth-order valence-electron chi connectivity index (χ4n) is 0.553. The Labute approximate surface area is 60.1 Å². The molecule has 0 aliphatic heterocycles. The van der Waals surface area contributed by atoms with Crippen LogP contribution in [0.5, 0.6) is 0 Å². The van der Waals surface area contributed by atoms with Crippen molar-refractivity contribution in [2.45, 2.75) is 13.5 Å². The van der Waals surface area contributed by atoms with E-state index in [4.69, 9.17) is 9.68 Å². The average Bonchev–Trinajstić information content (AvgIpc) is 2.37. The summed E-state index contributed by atoms with van der Waals surface area (Å²) in [6.07, 6.45) is 1.53. The minimum atomic E-state index is -0.375. The van der Waals surface area contributed by atoms with E-state index >= 15 is 0 Å². The molecule has 0 aliphatic rings. The van der Waals surface area contributed by atoms with Gasteiger partial charge in [0.05, 0.1) is 6.26 Å². The van der Waals surface area contributed by atoms with Gasteiger partial charge in [-0.25, -0.2) is 0 Å². The van der Waals surface area contributed by atoms with Crippen molar-refractivity contribution in [2.75, 3.05) is 0 Å². The van der Waals surface area contributed by atoms with Crippen LogP contribution in [0.25, 0.3) is 0 Å². The Hall–Kier alpha value is -1.27. The second kappa shape index (κ2) is 3.70. The van der Waals surface area contributed by atoms with Crippen LogP contribution in [0.15, 0.2) is 22.8 Å². The lowest BCUT2D eigenvalue weighted by molar-refractivity contribution is -0.409. The first-order valence-corrected chi connectivity index (χ1v) is 2.60. The van der Waals surface area contributed by atoms with Crippen LogP contribution >= 0.6 is 0 Å². The quantitative estimate of drug-likeness (QED) is 0.623. The maximum absolute atomic E-state index is 8.33. The van der Waals surface area contributed by atoms with Gasteiger partial charge in [-0.2, -0.15) is 5.26 Å². The molecule has 3 nitrogen and oxygen atoms in total. The van der Waals surface area contributed by atoms with Crippen molar-refractivity contribution in [3.8, 4) is 6.07 Å². The molecule has 0 amide bonds. The SMILES string of the molecule is C.N#CC([NH3+])c1ccco1. The molecule has 0 aromatic carbocycles. The fraction of sp³-hybridized carbons (Fsp3) is 0.286. The molecule has 1 aromatic heterocycles. The zero-order valence-electron chi connectivity index (χ0n) is 4.87. The van der Waals surface area contributed by atoms with Crippen molar-refractivity contribution in [3.63, 3.8) is 0 Å². The highest BCUT2D eigenvalue weighted by atomic mass is 16.3. The standard InChI is InChI=1S/C6H6N2O.CH4/c7-4-5(8)6-2-1-3-9-6;/h1-3,5H,8H2;1H4/p+1.